The molecule has 0 aliphatic carbocycles. The number of ketones is 1. The zero-order chi connectivity index (χ0) is 16.5. The van der Waals surface area contributed by atoms with Gasteiger partial charge in [0.2, 0.25) is 0 Å². The standard InChI is InChI=1S/C13H21N3O6/c1-2-3-8(18)13(14)4-5-16(12(21)15-13)11-10(20)9(19)7(6-17)22-11/h4-5,7,9-11,17,19-20H,2-3,6,14H2,1H3,(H,15,21)/t7-,9-,10-,11-,13?/m1/s1. The fourth-order valence-corrected chi connectivity index (χ4v) is 2.46. The number of ether oxygens (including phenoxy) is 1. The highest BCUT2D eigenvalue weighted by molar-refractivity contribution is 5.95. The van der Waals surface area contributed by atoms with Gasteiger partial charge in [0.15, 0.2) is 17.7 Å². The summed E-state index contributed by atoms with van der Waals surface area (Å²) in [5.74, 6) is -0.333. The average molecular weight is 315 g/mol. The highest BCUT2D eigenvalue weighted by Crippen LogP contribution is 2.26. The smallest absolute Gasteiger partial charge is 0.325 e. The third kappa shape index (κ3) is 2.85. The number of carbonyl (C=O) groups is 2. The molecule has 9 nitrogen and oxygen atoms in total. The van der Waals surface area contributed by atoms with E-state index in [0.29, 0.717) is 6.42 Å². The van der Waals surface area contributed by atoms with Gasteiger partial charge in [0, 0.05) is 12.6 Å². The minimum Gasteiger partial charge on any atom is -0.394 e. The summed E-state index contributed by atoms with van der Waals surface area (Å²) in [4.78, 5) is 25.1. The lowest BCUT2D eigenvalue weighted by Crippen LogP contribution is -2.66. The van der Waals surface area contributed by atoms with Crippen LogP contribution in [0.15, 0.2) is 12.3 Å². The first-order chi connectivity index (χ1) is 10.3. The molecule has 0 saturated carbocycles. The summed E-state index contributed by atoms with van der Waals surface area (Å²) in [6.07, 6.45) is -1.50. The molecular formula is C13H21N3O6. The van der Waals surface area contributed by atoms with Gasteiger partial charge in [-0.15, -0.1) is 0 Å². The van der Waals surface area contributed by atoms with Crippen molar-refractivity contribution in [2.75, 3.05) is 6.61 Å². The molecule has 22 heavy (non-hydrogen) atoms. The van der Waals surface area contributed by atoms with Crippen LogP contribution in [0.25, 0.3) is 0 Å². The lowest BCUT2D eigenvalue weighted by molar-refractivity contribution is -0.124. The number of urea groups is 1. The second-order valence-electron chi connectivity index (χ2n) is 5.42. The number of nitrogens with one attached hydrogen (secondary N) is 1. The highest BCUT2D eigenvalue weighted by Gasteiger charge is 2.48. The van der Waals surface area contributed by atoms with Crippen LogP contribution >= 0.6 is 0 Å². The molecule has 1 fully saturated rings. The van der Waals surface area contributed by atoms with Gasteiger partial charge in [0.1, 0.15) is 18.3 Å². The van der Waals surface area contributed by atoms with E-state index in [1.165, 1.54) is 12.3 Å². The number of aliphatic hydroxyl groups is 3. The number of aliphatic hydroxyl groups excluding tert-OH is 3. The van der Waals surface area contributed by atoms with Crippen molar-refractivity contribution in [3.8, 4) is 0 Å². The van der Waals surface area contributed by atoms with Crippen molar-refractivity contribution in [2.24, 2.45) is 5.73 Å². The minimum absolute atomic E-state index is 0.217. The molecule has 0 spiro atoms. The van der Waals surface area contributed by atoms with Crippen molar-refractivity contribution in [2.45, 2.75) is 50.0 Å². The third-order valence-electron chi connectivity index (χ3n) is 3.78. The van der Waals surface area contributed by atoms with Crippen molar-refractivity contribution in [3.05, 3.63) is 12.3 Å². The number of hydrogen-bond donors (Lipinski definition) is 5. The van der Waals surface area contributed by atoms with Crippen LogP contribution in [-0.4, -0.2) is 68.8 Å². The molecule has 124 valence electrons. The Kier molecular flexibility index (Phi) is 4.83. The van der Waals surface area contributed by atoms with Gasteiger partial charge in [-0.25, -0.2) is 4.79 Å². The maximum Gasteiger partial charge on any atom is 0.325 e. The first-order valence-electron chi connectivity index (χ1n) is 7.08. The van der Waals surface area contributed by atoms with Crippen LogP contribution in [0.3, 0.4) is 0 Å². The lowest BCUT2D eigenvalue weighted by atomic mass is 10.0. The molecule has 9 heteroatoms. The first kappa shape index (κ1) is 16.8. The summed E-state index contributed by atoms with van der Waals surface area (Å²) in [6.45, 7) is 1.32. The number of nitrogens with zero attached hydrogens (tertiary/aromatic N) is 1. The van der Waals surface area contributed by atoms with Crippen LogP contribution in [0.1, 0.15) is 19.8 Å². The zero-order valence-corrected chi connectivity index (χ0v) is 12.2. The predicted molar refractivity (Wildman–Crippen MR) is 74.1 cm³/mol. The summed E-state index contributed by atoms with van der Waals surface area (Å²) in [5, 5.41) is 31.0. The Morgan fingerprint density at radius 2 is 2.18 bits per heavy atom. The topological polar surface area (TPSA) is 145 Å². The van der Waals surface area contributed by atoms with E-state index in [1.54, 1.807) is 0 Å². The number of hydrogen-bond acceptors (Lipinski definition) is 7. The lowest BCUT2D eigenvalue weighted by Gasteiger charge is -2.36. The van der Waals surface area contributed by atoms with E-state index in [1.807, 2.05) is 6.92 Å². The Morgan fingerprint density at radius 1 is 1.50 bits per heavy atom. The Bertz CT molecular complexity index is 484. The monoisotopic (exact) mass is 315 g/mol. The Morgan fingerprint density at radius 3 is 2.68 bits per heavy atom. The van der Waals surface area contributed by atoms with Crippen LogP contribution in [0, 0.1) is 0 Å². The van der Waals surface area contributed by atoms with Gasteiger partial charge in [0.25, 0.3) is 0 Å². The molecule has 6 N–H and O–H groups in total. The Hall–Kier alpha value is -1.52. The number of amides is 2. The van der Waals surface area contributed by atoms with E-state index >= 15 is 0 Å². The maximum absolute atomic E-state index is 12.1. The number of rotatable bonds is 5. The second kappa shape index (κ2) is 6.31. The predicted octanol–water partition coefficient (Wildman–Crippen LogP) is -2.01. The van der Waals surface area contributed by atoms with E-state index in [0.717, 1.165) is 4.90 Å². The number of Topliss-reactive ketones (excluding diaryl/α,β-unsaturated/α-hetero) is 1. The van der Waals surface area contributed by atoms with Crippen LogP contribution < -0.4 is 11.1 Å². The van der Waals surface area contributed by atoms with Gasteiger partial charge in [-0.05, 0) is 12.5 Å². The van der Waals surface area contributed by atoms with Crippen LogP contribution in [-0.2, 0) is 9.53 Å². The molecule has 2 aliphatic rings. The van der Waals surface area contributed by atoms with Crippen LogP contribution in [0.5, 0.6) is 0 Å². The molecule has 0 bridgehead atoms. The molecule has 0 aromatic heterocycles. The van der Waals surface area contributed by atoms with Crippen molar-refractivity contribution in [1.82, 2.24) is 10.2 Å². The van der Waals surface area contributed by atoms with Gasteiger partial charge < -0.3 is 25.4 Å². The largest absolute Gasteiger partial charge is 0.394 e. The third-order valence-corrected chi connectivity index (χ3v) is 3.78. The SMILES string of the molecule is CCCC(=O)C1(N)C=CN([C@@H]2O[C@H](CO)[C@@H](O)[C@H]2O)C(=O)N1. The molecular weight excluding hydrogens is 294 g/mol. The van der Waals surface area contributed by atoms with Gasteiger partial charge in [-0.3, -0.25) is 15.4 Å². The van der Waals surface area contributed by atoms with Crippen molar-refractivity contribution in [3.63, 3.8) is 0 Å². The highest BCUT2D eigenvalue weighted by atomic mass is 16.6. The normalized spacial score (nSPS) is 38.2. The molecule has 2 rings (SSSR count). The molecule has 1 unspecified atom stereocenters. The van der Waals surface area contributed by atoms with Crippen LogP contribution in [0.4, 0.5) is 4.79 Å². The van der Waals surface area contributed by atoms with Gasteiger partial charge in [-0.1, -0.05) is 6.92 Å². The first-order valence-corrected chi connectivity index (χ1v) is 7.08. The molecule has 1 saturated heterocycles. The maximum atomic E-state index is 12.1. The quantitative estimate of drug-likeness (QED) is 0.394. The summed E-state index contributed by atoms with van der Waals surface area (Å²) in [7, 11) is 0. The van der Waals surface area contributed by atoms with Crippen molar-refractivity contribution in [1.29, 1.82) is 0 Å². The summed E-state index contributed by atoms with van der Waals surface area (Å²) < 4.78 is 5.26. The molecule has 0 radical (unpaired) electrons. The summed E-state index contributed by atoms with van der Waals surface area (Å²) >= 11 is 0. The Balaban J connectivity index is 2.16. The molecule has 2 heterocycles. The van der Waals surface area contributed by atoms with Crippen LogP contribution in [0.2, 0.25) is 0 Å². The van der Waals surface area contributed by atoms with Gasteiger partial charge in [0.05, 0.1) is 6.61 Å². The van der Waals surface area contributed by atoms with E-state index < -0.39 is 42.8 Å². The molecule has 0 aromatic rings. The minimum atomic E-state index is -1.60. The van der Waals surface area contributed by atoms with E-state index in [4.69, 9.17) is 15.6 Å². The number of carbonyl (C=O) groups excluding carboxylic acids is 2. The van der Waals surface area contributed by atoms with E-state index in [9.17, 15) is 19.8 Å². The molecule has 2 amide bonds. The molecule has 2 aliphatic heterocycles. The summed E-state index contributed by atoms with van der Waals surface area (Å²) in [5.41, 5.74) is 4.27. The summed E-state index contributed by atoms with van der Waals surface area (Å²) in [6, 6.07) is -0.732. The van der Waals surface area contributed by atoms with E-state index in [2.05, 4.69) is 5.32 Å². The fraction of sp³-hybridized carbons (Fsp3) is 0.692. The van der Waals surface area contributed by atoms with Gasteiger partial charge >= 0.3 is 6.03 Å². The van der Waals surface area contributed by atoms with E-state index in [-0.39, 0.29) is 12.2 Å². The number of nitrogens with two attached hydrogens (primary N) is 1. The molecule has 0 aromatic carbocycles. The molecule has 5 atom stereocenters. The average Bonchev–Trinajstić information content (AvgIpc) is 2.75. The van der Waals surface area contributed by atoms with Crippen molar-refractivity contribution >= 4 is 11.8 Å². The van der Waals surface area contributed by atoms with Gasteiger partial charge in [-0.2, -0.15) is 0 Å². The fourth-order valence-electron chi connectivity index (χ4n) is 2.46. The Labute approximate surface area is 127 Å². The second-order valence-corrected chi connectivity index (χ2v) is 5.42. The van der Waals surface area contributed by atoms with Crippen molar-refractivity contribution < 1.29 is 29.6 Å². The zero-order valence-electron chi connectivity index (χ0n) is 12.2.